The molecule has 2 N–H and O–H groups in total. The Kier molecular flexibility index (Phi) is 9.06. The molecule has 1 aliphatic heterocycles. The summed E-state index contributed by atoms with van der Waals surface area (Å²) in [7, 11) is 3.17. The number of ketones is 1. The van der Waals surface area contributed by atoms with E-state index in [-0.39, 0.29) is 17.8 Å². The van der Waals surface area contributed by atoms with E-state index in [0.717, 1.165) is 20.4 Å². The molecule has 0 bridgehead atoms. The Bertz CT molecular complexity index is 1410. The average Bonchev–Trinajstić information content (AvgIpc) is 2.86. The first-order chi connectivity index (χ1) is 18.5. The molecular formula is C29H30Cl2IN3O4. The van der Waals surface area contributed by atoms with Crippen molar-refractivity contribution in [2.75, 3.05) is 27.4 Å². The quantitative estimate of drug-likeness (QED) is 0.315. The Balaban J connectivity index is 1.79. The Morgan fingerprint density at radius 2 is 1.95 bits per heavy atom. The lowest BCUT2D eigenvalue weighted by molar-refractivity contribution is -0.118. The summed E-state index contributed by atoms with van der Waals surface area (Å²) in [5, 5.41) is 11.3. The van der Waals surface area contributed by atoms with Gasteiger partial charge in [0.25, 0.3) is 0 Å². The lowest BCUT2D eigenvalue weighted by atomic mass is 9.68. The predicted octanol–water partition coefficient (Wildman–Crippen LogP) is 6.57. The van der Waals surface area contributed by atoms with Gasteiger partial charge < -0.3 is 24.8 Å². The number of rotatable bonds is 8. The van der Waals surface area contributed by atoms with Gasteiger partial charge in [-0.2, -0.15) is 5.26 Å². The Labute approximate surface area is 252 Å². The van der Waals surface area contributed by atoms with Crippen molar-refractivity contribution in [1.29, 1.82) is 5.26 Å². The van der Waals surface area contributed by atoms with E-state index in [4.69, 9.17) is 43.1 Å². The molecule has 2 aliphatic rings. The van der Waals surface area contributed by atoms with E-state index in [9.17, 15) is 10.1 Å². The van der Waals surface area contributed by atoms with Crippen molar-refractivity contribution < 1.29 is 19.0 Å². The molecule has 1 aliphatic carbocycles. The van der Waals surface area contributed by atoms with E-state index in [0.29, 0.717) is 64.5 Å². The average molecular weight is 682 g/mol. The normalized spacial score (nSPS) is 18.7. The number of methoxy groups -OCH3 is 2. The van der Waals surface area contributed by atoms with Gasteiger partial charge in [-0.1, -0.05) is 43.1 Å². The summed E-state index contributed by atoms with van der Waals surface area (Å²) in [6, 6.07) is 11.3. The minimum absolute atomic E-state index is 0.0144. The van der Waals surface area contributed by atoms with E-state index in [1.807, 2.05) is 23.1 Å². The van der Waals surface area contributed by atoms with E-state index < -0.39 is 5.92 Å². The topological polar surface area (TPSA) is 97.8 Å². The molecule has 2 aromatic carbocycles. The Morgan fingerprint density at radius 3 is 2.59 bits per heavy atom. The number of carbonyl (C=O) groups excluding carboxylic acids is 1. The zero-order valence-corrected chi connectivity index (χ0v) is 25.9. The van der Waals surface area contributed by atoms with Crippen molar-refractivity contribution in [3.8, 4) is 17.6 Å². The van der Waals surface area contributed by atoms with Crippen LogP contribution in [0.1, 0.15) is 43.7 Å². The minimum atomic E-state index is -0.616. The van der Waals surface area contributed by atoms with Gasteiger partial charge in [-0.05, 0) is 64.3 Å². The van der Waals surface area contributed by atoms with Crippen LogP contribution in [-0.4, -0.2) is 38.1 Å². The zero-order valence-electron chi connectivity index (χ0n) is 22.2. The van der Waals surface area contributed by atoms with Crippen molar-refractivity contribution in [3.05, 3.63) is 77.7 Å². The maximum Gasteiger partial charge on any atom is 0.174 e. The van der Waals surface area contributed by atoms with Crippen molar-refractivity contribution in [2.45, 2.75) is 39.2 Å². The molecule has 2 aromatic rings. The molecule has 1 heterocycles. The van der Waals surface area contributed by atoms with Gasteiger partial charge in [0.2, 0.25) is 0 Å². The summed E-state index contributed by atoms with van der Waals surface area (Å²) in [6.07, 6.45) is 1.04. The van der Waals surface area contributed by atoms with Gasteiger partial charge in [0.05, 0.1) is 34.8 Å². The largest absolute Gasteiger partial charge is 0.493 e. The third-order valence-corrected chi connectivity index (χ3v) is 8.37. The fraction of sp³-hybridized carbons (Fsp3) is 0.379. The highest BCUT2D eigenvalue weighted by Crippen LogP contribution is 2.50. The third-order valence-electron chi connectivity index (χ3n) is 6.98. The van der Waals surface area contributed by atoms with Crippen LogP contribution in [0.5, 0.6) is 11.5 Å². The van der Waals surface area contributed by atoms with Gasteiger partial charge in [0.15, 0.2) is 17.3 Å². The van der Waals surface area contributed by atoms with Gasteiger partial charge in [-0.25, -0.2) is 0 Å². The highest BCUT2D eigenvalue weighted by Gasteiger charge is 2.44. The monoisotopic (exact) mass is 681 g/mol. The highest BCUT2D eigenvalue weighted by atomic mass is 127. The number of hydrogen-bond acceptors (Lipinski definition) is 7. The molecule has 0 aromatic heterocycles. The van der Waals surface area contributed by atoms with Crippen LogP contribution >= 0.6 is 45.8 Å². The number of hydrogen-bond donors (Lipinski definition) is 1. The molecule has 0 saturated carbocycles. The second kappa shape index (κ2) is 12.0. The number of Topliss-reactive ketones (excluding diaryl/α,β-unsaturated/α-hetero) is 1. The first kappa shape index (κ1) is 29.5. The molecule has 206 valence electrons. The fourth-order valence-electron chi connectivity index (χ4n) is 5.18. The molecule has 0 saturated heterocycles. The Morgan fingerprint density at radius 1 is 1.21 bits per heavy atom. The summed E-state index contributed by atoms with van der Waals surface area (Å²) in [4.78, 5) is 15.5. The van der Waals surface area contributed by atoms with E-state index in [2.05, 4.69) is 42.5 Å². The summed E-state index contributed by atoms with van der Waals surface area (Å²) in [5.74, 6) is 0.752. The zero-order chi connectivity index (χ0) is 28.5. The van der Waals surface area contributed by atoms with Crippen molar-refractivity contribution in [3.63, 3.8) is 0 Å². The first-order valence-corrected chi connectivity index (χ1v) is 14.2. The van der Waals surface area contributed by atoms with Crippen LogP contribution in [0.25, 0.3) is 0 Å². The van der Waals surface area contributed by atoms with Gasteiger partial charge in [0.1, 0.15) is 12.4 Å². The summed E-state index contributed by atoms with van der Waals surface area (Å²) < 4.78 is 17.9. The highest BCUT2D eigenvalue weighted by molar-refractivity contribution is 14.1. The molecule has 0 radical (unpaired) electrons. The minimum Gasteiger partial charge on any atom is -0.493 e. The molecule has 0 fully saturated rings. The lowest BCUT2D eigenvalue weighted by Crippen LogP contribution is -2.43. The number of carbonyl (C=O) groups is 1. The first-order valence-electron chi connectivity index (χ1n) is 12.4. The number of nitrogens with zero attached hydrogens (tertiary/aromatic N) is 2. The molecule has 0 unspecified atom stereocenters. The van der Waals surface area contributed by atoms with Crippen LogP contribution in [0.2, 0.25) is 10.0 Å². The summed E-state index contributed by atoms with van der Waals surface area (Å²) in [5.41, 5.74) is 9.69. The Hall–Kier alpha value is -2.45. The predicted molar refractivity (Wildman–Crippen MR) is 160 cm³/mol. The van der Waals surface area contributed by atoms with Crippen molar-refractivity contribution in [2.24, 2.45) is 11.1 Å². The van der Waals surface area contributed by atoms with Crippen LogP contribution in [0, 0.1) is 20.3 Å². The summed E-state index contributed by atoms with van der Waals surface area (Å²) >= 11 is 14.5. The van der Waals surface area contributed by atoms with E-state index in [1.54, 1.807) is 26.4 Å². The van der Waals surface area contributed by atoms with Gasteiger partial charge in [-0.15, -0.1) is 0 Å². The van der Waals surface area contributed by atoms with Crippen LogP contribution in [0.3, 0.4) is 0 Å². The molecule has 1 atom stereocenters. The van der Waals surface area contributed by atoms with Crippen molar-refractivity contribution in [1.82, 2.24) is 4.90 Å². The van der Waals surface area contributed by atoms with Crippen molar-refractivity contribution >= 4 is 51.6 Å². The van der Waals surface area contributed by atoms with E-state index in [1.165, 1.54) is 0 Å². The second-order valence-corrected chi connectivity index (χ2v) is 12.4. The van der Waals surface area contributed by atoms with Crippen LogP contribution < -0.4 is 15.2 Å². The number of halogens is 3. The maximum atomic E-state index is 13.7. The molecule has 7 nitrogen and oxygen atoms in total. The number of nitrogens with two attached hydrogens (primary N) is 1. The second-order valence-electron chi connectivity index (χ2n) is 10.3. The molecule has 0 amide bonds. The molecule has 39 heavy (non-hydrogen) atoms. The molecule has 10 heteroatoms. The smallest absolute Gasteiger partial charge is 0.174 e. The fourth-order valence-corrected chi connectivity index (χ4v) is 6.43. The lowest BCUT2D eigenvalue weighted by Gasteiger charge is -2.43. The van der Waals surface area contributed by atoms with Crippen LogP contribution in [0.15, 0.2) is 53.0 Å². The maximum absolute atomic E-state index is 13.7. The molecular weight excluding hydrogens is 652 g/mol. The van der Waals surface area contributed by atoms with Crippen LogP contribution in [-0.2, 0) is 16.1 Å². The standard InChI is InChI=1S/C29H30Cl2IN3O4/c1-29(2)12-22-26(23(36)13-29)25(19(14-33)28(34)35(22)7-8-37-3)17-9-21(32)27(24(10-17)38-4)39-15-16-5-6-18(30)11-20(16)31/h5-6,9-11,25H,7-8,12-13,15,34H2,1-4H3/t25-/m0/s1. The van der Waals surface area contributed by atoms with Crippen LogP contribution in [0.4, 0.5) is 0 Å². The SMILES string of the molecule is COCCN1C(N)=C(C#N)[C@H](c2cc(I)c(OCc3ccc(Cl)cc3Cl)c(OC)c2)C2=C1CC(C)(C)CC2=O. The van der Waals surface area contributed by atoms with Gasteiger partial charge in [-0.3, -0.25) is 4.79 Å². The number of allylic oxidation sites excluding steroid dienone is 3. The number of benzene rings is 2. The molecule has 4 rings (SSSR count). The number of nitriles is 1. The molecule has 0 spiro atoms. The van der Waals surface area contributed by atoms with E-state index >= 15 is 0 Å². The van der Waals surface area contributed by atoms with Gasteiger partial charge >= 0.3 is 0 Å². The summed E-state index contributed by atoms with van der Waals surface area (Å²) in [6.45, 7) is 5.21. The van der Waals surface area contributed by atoms with Gasteiger partial charge in [0, 0.05) is 47.0 Å². The number of ether oxygens (including phenoxy) is 3. The third kappa shape index (κ3) is 6.02.